The average Bonchev–Trinajstić information content (AvgIpc) is 2.82. The van der Waals surface area contributed by atoms with Crippen molar-refractivity contribution in [1.29, 1.82) is 0 Å². The minimum atomic E-state index is -3.50. The number of amides is 1. The summed E-state index contributed by atoms with van der Waals surface area (Å²) in [5.41, 5.74) is 2.52. The molecule has 1 heterocycles. The molecule has 6 nitrogen and oxygen atoms in total. The summed E-state index contributed by atoms with van der Waals surface area (Å²) in [5, 5.41) is 2.77. The first-order valence-electron chi connectivity index (χ1n) is 10.3. The van der Waals surface area contributed by atoms with Gasteiger partial charge in [0.15, 0.2) is 9.84 Å². The Hall–Kier alpha value is -3.97. The molecule has 0 radical (unpaired) electrons. The molecule has 0 fully saturated rings. The van der Waals surface area contributed by atoms with Crippen LogP contribution in [0.25, 0.3) is 0 Å². The Labute approximate surface area is 192 Å². The van der Waals surface area contributed by atoms with Crippen molar-refractivity contribution < 1.29 is 17.9 Å². The lowest BCUT2D eigenvalue weighted by Gasteiger charge is -2.09. The van der Waals surface area contributed by atoms with Crippen LogP contribution in [-0.4, -0.2) is 19.3 Å². The minimum Gasteiger partial charge on any atom is -0.439 e. The van der Waals surface area contributed by atoms with Gasteiger partial charge in [-0.2, -0.15) is 0 Å². The minimum absolute atomic E-state index is 0.190. The highest BCUT2D eigenvalue weighted by atomic mass is 32.2. The van der Waals surface area contributed by atoms with Crippen LogP contribution >= 0.6 is 0 Å². The van der Waals surface area contributed by atoms with Gasteiger partial charge in [0.05, 0.1) is 22.5 Å². The number of aryl methyl sites for hydroxylation is 1. The second-order valence-corrected chi connectivity index (χ2v) is 9.52. The average molecular weight is 459 g/mol. The molecule has 1 aromatic heterocycles. The zero-order chi connectivity index (χ0) is 23.3. The van der Waals surface area contributed by atoms with Crippen LogP contribution in [0.5, 0.6) is 11.6 Å². The number of anilines is 1. The maximum atomic E-state index is 12.7. The zero-order valence-electron chi connectivity index (χ0n) is 17.9. The highest BCUT2D eigenvalue weighted by molar-refractivity contribution is 7.90. The lowest BCUT2D eigenvalue weighted by molar-refractivity contribution is 0.102. The molecule has 33 heavy (non-hydrogen) atoms. The van der Waals surface area contributed by atoms with Gasteiger partial charge in [-0.05, 0) is 55.0 Å². The standard InChI is InChI=1S/C26H22N2O4S/c1-19-10-13-23(14-11-19)32-25-15-12-22(17-27-25)28-26(29)21-7-5-6-20(16-21)18-33(30,31)24-8-3-2-4-9-24/h2-17H,18H2,1H3,(H,28,29). The molecule has 3 aromatic carbocycles. The molecule has 0 aliphatic rings. The molecule has 0 saturated heterocycles. The van der Waals surface area contributed by atoms with Gasteiger partial charge in [0, 0.05) is 11.6 Å². The van der Waals surface area contributed by atoms with Crippen LogP contribution in [0.1, 0.15) is 21.5 Å². The molecule has 4 aromatic rings. The fourth-order valence-electron chi connectivity index (χ4n) is 3.18. The number of nitrogens with one attached hydrogen (secondary N) is 1. The Balaban J connectivity index is 1.42. The molecule has 0 spiro atoms. The summed E-state index contributed by atoms with van der Waals surface area (Å²) >= 11 is 0. The molecule has 0 atom stereocenters. The third-order valence-electron chi connectivity index (χ3n) is 4.89. The number of hydrogen-bond acceptors (Lipinski definition) is 5. The van der Waals surface area contributed by atoms with E-state index < -0.39 is 9.84 Å². The first kappa shape index (κ1) is 22.2. The third kappa shape index (κ3) is 5.84. The summed E-state index contributed by atoms with van der Waals surface area (Å²) in [6.07, 6.45) is 1.51. The van der Waals surface area contributed by atoms with Crippen molar-refractivity contribution in [3.8, 4) is 11.6 Å². The van der Waals surface area contributed by atoms with Crippen LogP contribution < -0.4 is 10.1 Å². The number of pyridine rings is 1. The second kappa shape index (κ2) is 9.67. The van der Waals surface area contributed by atoms with Gasteiger partial charge in [-0.25, -0.2) is 13.4 Å². The Kier molecular flexibility index (Phi) is 6.51. The number of hydrogen-bond donors (Lipinski definition) is 1. The fraction of sp³-hybridized carbons (Fsp3) is 0.0769. The van der Waals surface area contributed by atoms with E-state index in [4.69, 9.17) is 4.74 Å². The van der Waals surface area contributed by atoms with E-state index in [1.807, 2.05) is 31.2 Å². The van der Waals surface area contributed by atoms with Gasteiger partial charge in [0.1, 0.15) is 5.75 Å². The normalized spacial score (nSPS) is 11.1. The molecule has 0 saturated carbocycles. The predicted octanol–water partition coefficient (Wildman–Crippen LogP) is 5.41. The van der Waals surface area contributed by atoms with Crippen molar-refractivity contribution in [2.24, 2.45) is 0 Å². The summed E-state index contributed by atoms with van der Waals surface area (Å²) in [4.78, 5) is 17.2. The van der Waals surface area contributed by atoms with Gasteiger partial charge in [-0.15, -0.1) is 0 Å². The molecule has 0 aliphatic carbocycles. The van der Waals surface area contributed by atoms with E-state index in [2.05, 4.69) is 10.3 Å². The molecular formula is C26H22N2O4S. The smallest absolute Gasteiger partial charge is 0.255 e. The molecule has 7 heteroatoms. The summed E-state index contributed by atoms with van der Waals surface area (Å²) in [5.74, 6) is 0.533. The number of ether oxygens (including phenoxy) is 1. The van der Waals surface area contributed by atoms with Crippen molar-refractivity contribution in [2.45, 2.75) is 17.6 Å². The molecule has 0 unspecified atom stereocenters. The Bertz CT molecular complexity index is 1350. The van der Waals surface area contributed by atoms with Crippen molar-refractivity contribution in [3.05, 3.63) is 114 Å². The molecule has 1 amide bonds. The van der Waals surface area contributed by atoms with Crippen LogP contribution in [0.15, 0.2) is 102 Å². The zero-order valence-corrected chi connectivity index (χ0v) is 18.7. The van der Waals surface area contributed by atoms with Gasteiger partial charge in [-0.1, -0.05) is 48.0 Å². The maximum absolute atomic E-state index is 12.7. The van der Waals surface area contributed by atoms with E-state index >= 15 is 0 Å². The monoisotopic (exact) mass is 458 g/mol. The van der Waals surface area contributed by atoms with Crippen LogP contribution in [-0.2, 0) is 15.6 Å². The van der Waals surface area contributed by atoms with Crippen molar-refractivity contribution in [1.82, 2.24) is 4.98 Å². The number of benzene rings is 3. The van der Waals surface area contributed by atoms with Gasteiger partial charge < -0.3 is 10.1 Å². The summed E-state index contributed by atoms with van der Waals surface area (Å²) in [6.45, 7) is 2.00. The van der Waals surface area contributed by atoms with Crippen molar-refractivity contribution in [2.75, 3.05) is 5.32 Å². The molecule has 0 aliphatic heterocycles. The van der Waals surface area contributed by atoms with Crippen molar-refractivity contribution in [3.63, 3.8) is 0 Å². The molecule has 166 valence electrons. The maximum Gasteiger partial charge on any atom is 0.255 e. The van der Waals surface area contributed by atoms with E-state index in [0.717, 1.165) is 5.56 Å². The number of sulfone groups is 1. The largest absolute Gasteiger partial charge is 0.439 e. The summed E-state index contributed by atoms with van der Waals surface area (Å²) < 4.78 is 31.0. The first-order chi connectivity index (χ1) is 15.9. The predicted molar refractivity (Wildman–Crippen MR) is 127 cm³/mol. The summed E-state index contributed by atoms with van der Waals surface area (Å²) in [6, 6.07) is 25.8. The van der Waals surface area contributed by atoms with Crippen LogP contribution in [0.4, 0.5) is 5.69 Å². The van der Waals surface area contributed by atoms with Crippen molar-refractivity contribution >= 4 is 21.4 Å². The van der Waals surface area contributed by atoms with Gasteiger partial charge in [0.2, 0.25) is 5.88 Å². The number of carbonyl (C=O) groups is 1. The van der Waals surface area contributed by atoms with Gasteiger partial charge in [-0.3, -0.25) is 4.79 Å². The Morgan fingerprint density at radius 1 is 0.909 bits per heavy atom. The SMILES string of the molecule is Cc1ccc(Oc2ccc(NC(=O)c3cccc(CS(=O)(=O)c4ccccc4)c3)cn2)cc1. The van der Waals surface area contributed by atoms with E-state index in [1.165, 1.54) is 6.20 Å². The van der Waals surface area contributed by atoms with E-state index in [-0.39, 0.29) is 16.6 Å². The number of rotatable bonds is 7. The first-order valence-corrected chi connectivity index (χ1v) is 11.9. The van der Waals surface area contributed by atoms with Gasteiger partial charge in [0.25, 0.3) is 5.91 Å². The van der Waals surface area contributed by atoms with Gasteiger partial charge >= 0.3 is 0 Å². The van der Waals surface area contributed by atoms with Crippen LogP contribution in [0.2, 0.25) is 0 Å². The molecule has 1 N–H and O–H groups in total. The van der Waals surface area contributed by atoms with E-state index in [9.17, 15) is 13.2 Å². The lowest BCUT2D eigenvalue weighted by Crippen LogP contribution is -2.13. The number of nitrogens with zero attached hydrogens (tertiary/aromatic N) is 1. The lowest BCUT2D eigenvalue weighted by atomic mass is 10.1. The fourth-order valence-corrected chi connectivity index (χ4v) is 4.53. The molecule has 4 rings (SSSR count). The topological polar surface area (TPSA) is 85.4 Å². The number of aromatic nitrogens is 1. The summed E-state index contributed by atoms with van der Waals surface area (Å²) in [7, 11) is -3.50. The van der Waals surface area contributed by atoms with Crippen LogP contribution in [0, 0.1) is 6.92 Å². The quantitative estimate of drug-likeness (QED) is 0.400. The van der Waals surface area contributed by atoms with E-state index in [0.29, 0.717) is 28.4 Å². The van der Waals surface area contributed by atoms with Crippen LogP contribution in [0.3, 0.4) is 0 Å². The highest BCUT2D eigenvalue weighted by Gasteiger charge is 2.16. The Morgan fingerprint density at radius 2 is 1.67 bits per heavy atom. The third-order valence-corrected chi connectivity index (χ3v) is 6.59. The second-order valence-electron chi connectivity index (χ2n) is 7.53. The molecule has 0 bridgehead atoms. The van der Waals surface area contributed by atoms with E-state index in [1.54, 1.807) is 66.7 Å². The molecular weight excluding hydrogens is 436 g/mol. The number of carbonyl (C=O) groups excluding carboxylic acids is 1. The Morgan fingerprint density at radius 3 is 2.36 bits per heavy atom. The highest BCUT2D eigenvalue weighted by Crippen LogP contribution is 2.21.